The summed E-state index contributed by atoms with van der Waals surface area (Å²) in [6, 6.07) is 10.2. The third-order valence-corrected chi connectivity index (χ3v) is 1.61. The van der Waals surface area contributed by atoms with Crippen molar-refractivity contribution in [1.29, 1.82) is 0 Å². The summed E-state index contributed by atoms with van der Waals surface area (Å²) in [6.45, 7) is 3.78. The van der Waals surface area contributed by atoms with Crippen molar-refractivity contribution in [2.45, 2.75) is 12.8 Å². The first-order valence-corrected chi connectivity index (χ1v) is 3.44. The molecule has 1 atom stereocenters. The molecule has 0 aromatic heterocycles. The summed E-state index contributed by atoms with van der Waals surface area (Å²) in [6.07, 6.45) is 0. The number of hydrogen-bond donors (Lipinski definition) is 1. The lowest BCUT2D eigenvalue weighted by molar-refractivity contribution is 0.870. The Balaban J connectivity index is 2.75. The SMILES string of the molecule is C[C@@H]([CH]N)c1ccccc1. The van der Waals surface area contributed by atoms with E-state index in [4.69, 9.17) is 5.73 Å². The molecular formula is C9H12N. The predicted octanol–water partition coefficient (Wildman–Crippen LogP) is 1.91. The van der Waals surface area contributed by atoms with Crippen LogP contribution in [0, 0.1) is 6.54 Å². The summed E-state index contributed by atoms with van der Waals surface area (Å²) in [5.74, 6) is 0.362. The van der Waals surface area contributed by atoms with Crippen molar-refractivity contribution in [1.82, 2.24) is 0 Å². The van der Waals surface area contributed by atoms with Crippen LogP contribution in [-0.4, -0.2) is 0 Å². The molecule has 1 nitrogen and oxygen atoms in total. The summed E-state index contributed by atoms with van der Waals surface area (Å²) >= 11 is 0. The van der Waals surface area contributed by atoms with Crippen LogP contribution in [0.2, 0.25) is 0 Å². The maximum atomic E-state index is 5.38. The fourth-order valence-corrected chi connectivity index (χ4v) is 0.868. The third kappa shape index (κ3) is 1.58. The van der Waals surface area contributed by atoms with Crippen LogP contribution in [0.25, 0.3) is 0 Å². The van der Waals surface area contributed by atoms with E-state index in [2.05, 4.69) is 19.1 Å². The van der Waals surface area contributed by atoms with E-state index >= 15 is 0 Å². The summed E-state index contributed by atoms with van der Waals surface area (Å²) in [5, 5.41) is 0. The highest BCUT2D eigenvalue weighted by atomic mass is 14.5. The first-order chi connectivity index (χ1) is 4.84. The molecule has 0 spiro atoms. The van der Waals surface area contributed by atoms with Crippen molar-refractivity contribution >= 4 is 0 Å². The first kappa shape index (κ1) is 7.29. The van der Waals surface area contributed by atoms with Gasteiger partial charge in [-0.2, -0.15) is 0 Å². The smallest absolute Gasteiger partial charge is 0.0265 e. The van der Waals surface area contributed by atoms with E-state index in [9.17, 15) is 0 Å². The number of nitrogens with two attached hydrogens (primary N) is 1. The second-order valence-corrected chi connectivity index (χ2v) is 2.39. The zero-order valence-electron chi connectivity index (χ0n) is 6.12. The Morgan fingerprint density at radius 3 is 2.40 bits per heavy atom. The van der Waals surface area contributed by atoms with Crippen molar-refractivity contribution in [2.24, 2.45) is 5.73 Å². The Hall–Kier alpha value is -0.820. The van der Waals surface area contributed by atoms with Gasteiger partial charge in [0.15, 0.2) is 0 Å². The number of benzene rings is 1. The molecule has 0 aliphatic heterocycles. The maximum absolute atomic E-state index is 5.38. The standard InChI is InChI=1S/C9H12N/c1-8(7-10)9-5-3-2-4-6-9/h2-8H,10H2,1H3/t8-/m0/s1. The summed E-state index contributed by atoms with van der Waals surface area (Å²) in [4.78, 5) is 0. The molecule has 0 aliphatic carbocycles. The molecule has 0 heterocycles. The van der Waals surface area contributed by atoms with Crippen molar-refractivity contribution in [3.63, 3.8) is 0 Å². The monoisotopic (exact) mass is 134 g/mol. The van der Waals surface area contributed by atoms with E-state index in [0.29, 0.717) is 5.92 Å². The molecule has 1 aromatic carbocycles. The van der Waals surface area contributed by atoms with Gasteiger partial charge in [-0.15, -0.1) is 0 Å². The Morgan fingerprint density at radius 2 is 1.90 bits per heavy atom. The van der Waals surface area contributed by atoms with E-state index in [1.165, 1.54) is 5.56 Å². The molecule has 0 amide bonds. The molecule has 0 saturated heterocycles. The second-order valence-electron chi connectivity index (χ2n) is 2.39. The molecule has 1 aromatic rings. The third-order valence-electron chi connectivity index (χ3n) is 1.61. The second kappa shape index (κ2) is 3.37. The van der Waals surface area contributed by atoms with Crippen molar-refractivity contribution in [3.05, 3.63) is 42.4 Å². The van der Waals surface area contributed by atoms with E-state index in [1.807, 2.05) is 18.2 Å². The molecule has 0 unspecified atom stereocenters. The van der Waals surface area contributed by atoms with E-state index in [0.717, 1.165) is 0 Å². The van der Waals surface area contributed by atoms with Crippen LogP contribution in [0.4, 0.5) is 0 Å². The minimum Gasteiger partial charge on any atom is -0.326 e. The van der Waals surface area contributed by atoms with Crippen LogP contribution < -0.4 is 5.73 Å². The Labute approximate surface area is 61.9 Å². The van der Waals surface area contributed by atoms with E-state index in [1.54, 1.807) is 6.54 Å². The number of hydrogen-bond acceptors (Lipinski definition) is 1. The average molecular weight is 134 g/mol. The topological polar surface area (TPSA) is 26.0 Å². The fourth-order valence-electron chi connectivity index (χ4n) is 0.868. The minimum absolute atomic E-state index is 0.362. The van der Waals surface area contributed by atoms with Crippen molar-refractivity contribution in [2.75, 3.05) is 0 Å². The van der Waals surface area contributed by atoms with E-state index < -0.39 is 0 Å². The highest BCUT2D eigenvalue weighted by molar-refractivity contribution is 5.20. The molecule has 10 heavy (non-hydrogen) atoms. The molecule has 53 valence electrons. The van der Waals surface area contributed by atoms with Gasteiger partial charge in [-0.05, 0) is 11.5 Å². The summed E-state index contributed by atoms with van der Waals surface area (Å²) < 4.78 is 0. The zero-order chi connectivity index (χ0) is 7.40. The van der Waals surface area contributed by atoms with Gasteiger partial charge in [0.2, 0.25) is 0 Å². The molecule has 0 saturated carbocycles. The Kier molecular flexibility index (Phi) is 2.46. The van der Waals surface area contributed by atoms with Crippen LogP contribution in [0.3, 0.4) is 0 Å². The van der Waals surface area contributed by atoms with Gasteiger partial charge in [0.05, 0.1) is 0 Å². The van der Waals surface area contributed by atoms with Crippen molar-refractivity contribution < 1.29 is 0 Å². The van der Waals surface area contributed by atoms with Gasteiger partial charge >= 0.3 is 0 Å². The van der Waals surface area contributed by atoms with Gasteiger partial charge < -0.3 is 5.73 Å². The normalized spacial score (nSPS) is 13.0. The van der Waals surface area contributed by atoms with Crippen LogP contribution in [0.15, 0.2) is 30.3 Å². The molecule has 1 rings (SSSR count). The molecule has 1 heteroatoms. The quantitative estimate of drug-likeness (QED) is 0.657. The highest BCUT2D eigenvalue weighted by Gasteiger charge is 1.99. The van der Waals surface area contributed by atoms with Gasteiger partial charge in [-0.3, -0.25) is 0 Å². The minimum atomic E-state index is 0.362. The molecule has 1 radical (unpaired) electrons. The molecule has 0 bridgehead atoms. The lowest BCUT2D eigenvalue weighted by Crippen LogP contribution is -2.00. The van der Waals surface area contributed by atoms with Crippen LogP contribution in [0.1, 0.15) is 18.4 Å². The molecular weight excluding hydrogens is 122 g/mol. The predicted molar refractivity (Wildman–Crippen MR) is 43.3 cm³/mol. The fraction of sp³-hybridized carbons (Fsp3) is 0.222. The van der Waals surface area contributed by atoms with Gasteiger partial charge in [0.1, 0.15) is 0 Å². The molecule has 0 aliphatic rings. The zero-order valence-corrected chi connectivity index (χ0v) is 6.12. The number of rotatable bonds is 2. The van der Waals surface area contributed by atoms with Crippen molar-refractivity contribution in [3.8, 4) is 0 Å². The maximum Gasteiger partial charge on any atom is 0.0265 e. The van der Waals surface area contributed by atoms with Gasteiger partial charge in [-0.25, -0.2) is 0 Å². The van der Waals surface area contributed by atoms with E-state index in [-0.39, 0.29) is 0 Å². The largest absolute Gasteiger partial charge is 0.326 e. The Bertz CT molecular complexity index is 181. The van der Waals surface area contributed by atoms with Crippen LogP contribution in [-0.2, 0) is 0 Å². The highest BCUT2D eigenvalue weighted by Crippen LogP contribution is 2.13. The lowest BCUT2D eigenvalue weighted by Gasteiger charge is -2.06. The first-order valence-electron chi connectivity index (χ1n) is 3.44. The Morgan fingerprint density at radius 1 is 1.30 bits per heavy atom. The van der Waals surface area contributed by atoms with Crippen LogP contribution >= 0.6 is 0 Å². The van der Waals surface area contributed by atoms with Gasteiger partial charge in [0, 0.05) is 6.54 Å². The molecule has 2 N–H and O–H groups in total. The summed E-state index contributed by atoms with van der Waals surface area (Å²) in [5.41, 5.74) is 6.65. The summed E-state index contributed by atoms with van der Waals surface area (Å²) in [7, 11) is 0. The van der Waals surface area contributed by atoms with Crippen LogP contribution in [0.5, 0.6) is 0 Å². The van der Waals surface area contributed by atoms with Gasteiger partial charge in [-0.1, -0.05) is 37.3 Å². The lowest BCUT2D eigenvalue weighted by atomic mass is 10.0. The van der Waals surface area contributed by atoms with Gasteiger partial charge in [0.25, 0.3) is 0 Å². The molecule has 0 fully saturated rings. The average Bonchev–Trinajstić information content (AvgIpc) is 2.05.